The van der Waals surface area contributed by atoms with Crippen molar-refractivity contribution in [3.63, 3.8) is 0 Å². The van der Waals surface area contributed by atoms with Crippen LogP contribution in [0, 0.1) is 5.92 Å². The second-order valence-electron chi connectivity index (χ2n) is 4.43. The molecule has 1 unspecified atom stereocenters. The Kier molecular flexibility index (Phi) is 5.01. The van der Waals surface area contributed by atoms with Crippen LogP contribution in [0.4, 0.5) is 0 Å². The van der Waals surface area contributed by atoms with Gasteiger partial charge in [-0.05, 0) is 0 Å². The van der Waals surface area contributed by atoms with Crippen molar-refractivity contribution in [3.8, 4) is 0 Å². The molecule has 18 heavy (non-hydrogen) atoms. The molecule has 0 aromatic carbocycles. The summed E-state index contributed by atoms with van der Waals surface area (Å²) in [4.78, 5) is 24.6. The number of rotatable bonds is 5. The molecular weight excluding hydrogens is 258 g/mol. The Morgan fingerprint density at radius 3 is 2.44 bits per heavy atom. The Bertz CT molecular complexity index is 331. The molecule has 0 bridgehead atoms. The molecule has 1 rings (SSSR count). The largest absolute Gasteiger partial charge is 0.480 e. The molecule has 2 atom stereocenters. The van der Waals surface area contributed by atoms with Gasteiger partial charge in [-0.25, -0.2) is 4.79 Å². The predicted octanol–water partition coefficient (Wildman–Crippen LogP) is 0.227. The van der Waals surface area contributed by atoms with Crippen LogP contribution in [-0.4, -0.2) is 60.2 Å². The number of carboxylic acid groups (broad SMARTS) is 1. The summed E-state index contributed by atoms with van der Waals surface area (Å²) in [5, 5.41) is 9.19. The molecule has 0 saturated carbocycles. The molecular formula is C11H19NO5S. The quantitative estimate of drug-likeness (QED) is 0.555. The summed E-state index contributed by atoms with van der Waals surface area (Å²) in [7, 11) is 2.89. The van der Waals surface area contributed by atoms with Gasteiger partial charge in [0.2, 0.25) is 5.91 Å². The maximum atomic E-state index is 12.1. The van der Waals surface area contributed by atoms with Gasteiger partial charge in [-0.15, -0.1) is 0 Å². The van der Waals surface area contributed by atoms with Crippen molar-refractivity contribution >= 4 is 24.5 Å². The zero-order valence-corrected chi connectivity index (χ0v) is 11.6. The predicted molar refractivity (Wildman–Crippen MR) is 67.5 cm³/mol. The number of likely N-dealkylation sites (tertiary alicyclic amines) is 1. The van der Waals surface area contributed by atoms with Crippen LogP contribution < -0.4 is 0 Å². The van der Waals surface area contributed by atoms with E-state index in [4.69, 9.17) is 9.47 Å². The van der Waals surface area contributed by atoms with Gasteiger partial charge in [0.15, 0.2) is 5.79 Å². The first-order chi connectivity index (χ1) is 8.40. The molecule has 1 amide bonds. The van der Waals surface area contributed by atoms with Crippen molar-refractivity contribution < 1.29 is 24.2 Å². The fourth-order valence-electron chi connectivity index (χ4n) is 2.03. The van der Waals surface area contributed by atoms with Crippen LogP contribution in [0.1, 0.15) is 13.3 Å². The second kappa shape index (κ2) is 5.90. The zero-order valence-electron chi connectivity index (χ0n) is 10.8. The molecule has 0 radical (unpaired) electrons. The molecule has 1 heterocycles. The van der Waals surface area contributed by atoms with Gasteiger partial charge in [-0.3, -0.25) is 4.79 Å². The first kappa shape index (κ1) is 15.3. The molecule has 0 aromatic heterocycles. The van der Waals surface area contributed by atoms with Crippen LogP contribution >= 0.6 is 12.6 Å². The monoisotopic (exact) mass is 277 g/mol. The molecule has 1 saturated heterocycles. The van der Waals surface area contributed by atoms with E-state index in [0.717, 1.165) is 0 Å². The molecule has 1 fully saturated rings. The summed E-state index contributed by atoms with van der Waals surface area (Å²) in [6.45, 7) is 1.84. The van der Waals surface area contributed by atoms with Crippen LogP contribution in [0.5, 0.6) is 0 Å². The molecule has 1 N–H and O–H groups in total. The van der Waals surface area contributed by atoms with Crippen molar-refractivity contribution in [2.45, 2.75) is 25.2 Å². The highest BCUT2D eigenvalue weighted by molar-refractivity contribution is 7.80. The number of carboxylic acids is 1. The van der Waals surface area contributed by atoms with Gasteiger partial charge in [-0.1, -0.05) is 6.92 Å². The summed E-state index contributed by atoms with van der Waals surface area (Å²) >= 11 is 4.06. The lowest BCUT2D eigenvalue weighted by Crippen LogP contribution is -2.44. The number of methoxy groups -OCH3 is 2. The van der Waals surface area contributed by atoms with Crippen LogP contribution in [0.2, 0.25) is 0 Å². The van der Waals surface area contributed by atoms with Gasteiger partial charge in [0.1, 0.15) is 6.04 Å². The summed E-state index contributed by atoms with van der Waals surface area (Å²) in [5.41, 5.74) is 0. The lowest BCUT2D eigenvalue weighted by Gasteiger charge is -2.27. The Balaban J connectivity index is 2.95. The number of hydrogen-bond acceptors (Lipinski definition) is 5. The third kappa shape index (κ3) is 2.78. The molecule has 0 spiro atoms. The van der Waals surface area contributed by atoms with Crippen molar-refractivity contribution in [2.24, 2.45) is 5.92 Å². The maximum absolute atomic E-state index is 12.1. The molecule has 7 heteroatoms. The second-order valence-corrected chi connectivity index (χ2v) is 4.79. The number of hydrogen-bond donors (Lipinski definition) is 2. The summed E-state index contributed by atoms with van der Waals surface area (Å²) < 4.78 is 10.4. The number of thiol groups is 1. The number of amides is 1. The fourth-order valence-corrected chi connectivity index (χ4v) is 2.19. The first-order valence-electron chi connectivity index (χ1n) is 5.65. The minimum Gasteiger partial charge on any atom is -0.480 e. The average Bonchev–Trinajstić information content (AvgIpc) is 2.77. The lowest BCUT2D eigenvalue weighted by atomic mass is 10.1. The maximum Gasteiger partial charge on any atom is 0.326 e. The van der Waals surface area contributed by atoms with E-state index >= 15 is 0 Å². The van der Waals surface area contributed by atoms with Crippen molar-refractivity contribution in [2.75, 3.05) is 26.5 Å². The first-order valence-corrected chi connectivity index (χ1v) is 6.28. The number of nitrogens with zero attached hydrogens (tertiary/aromatic N) is 1. The molecule has 0 aromatic rings. The van der Waals surface area contributed by atoms with Gasteiger partial charge in [0.05, 0.1) is 6.54 Å². The Morgan fingerprint density at radius 2 is 2.06 bits per heavy atom. The van der Waals surface area contributed by atoms with Crippen molar-refractivity contribution in [3.05, 3.63) is 0 Å². The van der Waals surface area contributed by atoms with Crippen LogP contribution in [0.15, 0.2) is 0 Å². The molecule has 0 aliphatic carbocycles. The van der Waals surface area contributed by atoms with E-state index in [2.05, 4.69) is 12.6 Å². The van der Waals surface area contributed by atoms with Gasteiger partial charge in [0.25, 0.3) is 0 Å². The SMILES string of the molecule is COC1(OC)C[C@@H](C(=O)O)N(C(=O)C(C)CS)C1. The van der Waals surface area contributed by atoms with Crippen LogP contribution in [-0.2, 0) is 19.1 Å². The standard InChI is InChI=1S/C11H19NO5S/c1-7(5-18)9(13)12-6-11(16-2,17-3)4-8(12)10(14)15/h7-8,18H,4-6H2,1-3H3,(H,14,15)/t7?,8-/m0/s1. The number of carbonyl (C=O) groups is 2. The molecule has 1 aliphatic heterocycles. The molecule has 104 valence electrons. The summed E-state index contributed by atoms with van der Waals surface area (Å²) in [5.74, 6) is -2.29. The van der Waals surface area contributed by atoms with E-state index in [0.29, 0.717) is 5.75 Å². The molecule has 1 aliphatic rings. The van der Waals surface area contributed by atoms with Crippen LogP contribution in [0.25, 0.3) is 0 Å². The number of carbonyl (C=O) groups excluding carboxylic acids is 1. The van der Waals surface area contributed by atoms with E-state index in [-0.39, 0.29) is 24.8 Å². The number of ether oxygens (including phenoxy) is 2. The van der Waals surface area contributed by atoms with E-state index in [1.165, 1.54) is 19.1 Å². The zero-order chi connectivity index (χ0) is 13.9. The summed E-state index contributed by atoms with van der Waals surface area (Å²) in [6.07, 6.45) is 0.125. The van der Waals surface area contributed by atoms with E-state index in [1.54, 1.807) is 6.92 Å². The average molecular weight is 277 g/mol. The van der Waals surface area contributed by atoms with Gasteiger partial charge in [-0.2, -0.15) is 12.6 Å². The van der Waals surface area contributed by atoms with Crippen LogP contribution in [0.3, 0.4) is 0 Å². The van der Waals surface area contributed by atoms with E-state index in [9.17, 15) is 14.7 Å². The van der Waals surface area contributed by atoms with Crippen molar-refractivity contribution in [1.29, 1.82) is 0 Å². The van der Waals surface area contributed by atoms with Crippen molar-refractivity contribution in [1.82, 2.24) is 4.90 Å². The third-order valence-corrected chi connectivity index (χ3v) is 3.85. The minimum atomic E-state index is -1.05. The highest BCUT2D eigenvalue weighted by Gasteiger charge is 2.50. The fraction of sp³-hybridized carbons (Fsp3) is 0.818. The number of aliphatic carboxylic acids is 1. The van der Waals surface area contributed by atoms with Gasteiger partial charge < -0.3 is 19.5 Å². The minimum absolute atomic E-state index is 0.119. The third-order valence-electron chi connectivity index (χ3n) is 3.30. The normalized spacial score (nSPS) is 24.0. The Morgan fingerprint density at radius 1 is 1.50 bits per heavy atom. The highest BCUT2D eigenvalue weighted by atomic mass is 32.1. The van der Waals surface area contributed by atoms with E-state index in [1.807, 2.05) is 0 Å². The Hall–Kier alpha value is -0.790. The highest BCUT2D eigenvalue weighted by Crippen LogP contribution is 2.32. The topological polar surface area (TPSA) is 76.1 Å². The van der Waals surface area contributed by atoms with Gasteiger partial charge in [0, 0.05) is 32.3 Å². The molecule has 6 nitrogen and oxygen atoms in total. The van der Waals surface area contributed by atoms with E-state index < -0.39 is 17.8 Å². The smallest absolute Gasteiger partial charge is 0.326 e. The van der Waals surface area contributed by atoms with Gasteiger partial charge >= 0.3 is 5.97 Å². The lowest BCUT2D eigenvalue weighted by molar-refractivity contribution is -0.197. The summed E-state index contributed by atoms with van der Waals surface area (Å²) in [6, 6.07) is -0.917. The Labute approximate surface area is 112 Å².